The second kappa shape index (κ2) is 8.28. The number of hydrazone groups is 1. The Labute approximate surface area is 146 Å². The Morgan fingerprint density at radius 1 is 1.08 bits per heavy atom. The van der Waals surface area contributed by atoms with Crippen molar-refractivity contribution in [2.75, 3.05) is 7.11 Å². The van der Waals surface area contributed by atoms with Gasteiger partial charge < -0.3 is 9.47 Å². The number of carbonyl (C=O) groups is 1. The zero-order valence-electron chi connectivity index (χ0n) is 14.7. The van der Waals surface area contributed by atoms with Gasteiger partial charge in [-0.2, -0.15) is 5.10 Å². The average Bonchev–Trinajstić information content (AvgIpc) is 2.59. The van der Waals surface area contributed by atoms with Crippen LogP contribution in [0.4, 0.5) is 4.39 Å². The molecule has 1 N–H and O–H groups in total. The van der Waals surface area contributed by atoms with Crippen molar-refractivity contribution >= 4 is 11.6 Å². The van der Waals surface area contributed by atoms with E-state index in [1.807, 2.05) is 13.8 Å². The number of halogens is 1. The van der Waals surface area contributed by atoms with Crippen LogP contribution in [0, 0.1) is 5.82 Å². The minimum absolute atomic E-state index is 0.00321. The van der Waals surface area contributed by atoms with Crippen molar-refractivity contribution in [2.24, 2.45) is 5.10 Å². The third-order valence-electron chi connectivity index (χ3n) is 3.38. The molecule has 2 aromatic carbocycles. The van der Waals surface area contributed by atoms with E-state index in [1.165, 1.54) is 19.2 Å². The van der Waals surface area contributed by atoms with Gasteiger partial charge in [0, 0.05) is 5.56 Å². The number of amides is 1. The van der Waals surface area contributed by atoms with Crippen LogP contribution < -0.4 is 14.9 Å². The quantitative estimate of drug-likeness (QED) is 0.641. The number of benzene rings is 2. The van der Waals surface area contributed by atoms with Crippen molar-refractivity contribution in [1.82, 2.24) is 5.43 Å². The van der Waals surface area contributed by atoms with Crippen LogP contribution in [0.5, 0.6) is 11.5 Å². The third-order valence-corrected chi connectivity index (χ3v) is 3.38. The van der Waals surface area contributed by atoms with Crippen molar-refractivity contribution in [3.05, 3.63) is 59.4 Å². The van der Waals surface area contributed by atoms with Crippen LogP contribution in [0.15, 0.2) is 47.6 Å². The Bertz CT molecular complexity index is 771. The molecule has 0 fully saturated rings. The van der Waals surface area contributed by atoms with Crippen LogP contribution in [-0.4, -0.2) is 24.8 Å². The van der Waals surface area contributed by atoms with E-state index >= 15 is 0 Å². The molecular weight excluding hydrogens is 323 g/mol. The molecule has 0 bridgehead atoms. The average molecular weight is 344 g/mol. The highest BCUT2D eigenvalue weighted by Gasteiger charge is 2.12. The lowest BCUT2D eigenvalue weighted by Gasteiger charge is -2.14. The van der Waals surface area contributed by atoms with Gasteiger partial charge in [-0.3, -0.25) is 4.79 Å². The van der Waals surface area contributed by atoms with Gasteiger partial charge in [-0.1, -0.05) is 12.1 Å². The van der Waals surface area contributed by atoms with Crippen LogP contribution in [-0.2, 0) is 0 Å². The molecule has 0 aliphatic rings. The van der Waals surface area contributed by atoms with Crippen LogP contribution in [0.3, 0.4) is 0 Å². The molecule has 0 spiro atoms. The van der Waals surface area contributed by atoms with Gasteiger partial charge in [0.15, 0.2) is 11.5 Å². The molecule has 0 radical (unpaired) electrons. The summed E-state index contributed by atoms with van der Waals surface area (Å²) in [5.41, 5.74) is 4.17. The zero-order valence-corrected chi connectivity index (χ0v) is 14.7. The van der Waals surface area contributed by atoms with Gasteiger partial charge in [0.2, 0.25) is 0 Å². The molecule has 0 aliphatic carbocycles. The molecule has 1 amide bonds. The highest BCUT2D eigenvalue weighted by Crippen LogP contribution is 2.28. The third kappa shape index (κ3) is 5.04. The number of carbonyl (C=O) groups excluding carboxylic acids is 1. The van der Waals surface area contributed by atoms with Gasteiger partial charge in [0.1, 0.15) is 5.82 Å². The van der Waals surface area contributed by atoms with Gasteiger partial charge in [-0.15, -0.1) is 0 Å². The maximum Gasteiger partial charge on any atom is 0.271 e. The van der Waals surface area contributed by atoms with E-state index < -0.39 is 0 Å². The molecule has 0 atom stereocenters. The molecule has 2 aromatic rings. The Morgan fingerprint density at radius 2 is 1.72 bits per heavy atom. The van der Waals surface area contributed by atoms with Gasteiger partial charge in [-0.05, 0) is 56.7 Å². The summed E-state index contributed by atoms with van der Waals surface area (Å²) in [4.78, 5) is 12.3. The predicted octanol–water partition coefficient (Wildman–Crippen LogP) is 3.78. The first-order valence-electron chi connectivity index (χ1n) is 7.86. The molecule has 2 rings (SSSR count). The Hall–Kier alpha value is -2.89. The fraction of sp³-hybridized carbons (Fsp3) is 0.263. The summed E-state index contributed by atoms with van der Waals surface area (Å²) in [5.74, 6) is 0.341. The molecule has 5 nitrogen and oxygen atoms in total. The van der Waals surface area contributed by atoms with E-state index in [0.29, 0.717) is 22.8 Å². The number of hydrogen-bond acceptors (Lipinski definition) is 4. The monoisotopic (exact) mass is 344 g/mol. The Morgan fingerprint density at radius 3 is 2.32 bits per heavy atom. The van der Waals surface area contributed by atoms with E-state index in [9.17, 15) is 9.18 Å². The van der Waals surface area contributed by atoms with Crippen molar-refractivity contribution < 1.29 is 18.7 Å². The minimum Gasteiger partial charge on any atom is -0.493 e. The lowest BCUT2D eigenvalue weighted by molar-refractivity contribution is 0.0954. The lowest BCUT2D eigenvalue weighted by Crippen LogP contribution is -2.19. The second-order valence-corrected chi connectivity index (χ2v) is 5.68. The van der Waals surface area contributed by atoms with Crippen molar-refractivity contribution in [3.8, 4) is 11.5 Å². The molecule has 0 heterocycles. The first-order valence-corrected chi connectivity index (χ1v) is 7.86. The highest BCUT2D eigenvalue weighted by molar-refractivity contribution is 6.01. The molecule has 0 aromatic heterocycles. The lowest BCUT2D eigenvalue weighted by atomic mass is 10.1. The first-order chi connectivity index (χ1) is 11.9. The molecule has 0 saturated heterocycles. The maximum absolute atomic E-state index is 12.9. The predicted molar refractivity (Wildman–Crippen MR) is 94.8 cm³/mol. The summed E-state index contributed by atoms with van der Waals surface area (Å²) in [5, 5.41) is 4.05. The largest absolute Gasteiger partial charge is 0.493 e. The number of ether oxygens (including phenoxy) is 2. The van der Waals surface area contributed by atoms with Gasteiger partial charge >= 0.3 is 0 Å². The van der Waals surface area contributed by atoms with E-state index in [2.05, 4.69) is 10.5 Å². The second-order valence-electron chi connectivity index (χ2n) is 5.68. The molecule has 0 aliphatic heterocycles. The fourth-order valence-corrected chi connectivity index (χ4v) is 2.11. The summed E-state index contributed by atoms with van der Waals surface area (Å²) in [6, 6.07) is 10.8. The number of methoxy groups -OCH3 is 1. The van der Waals surface area contributed by atoms with Crippen LogP contribution in [0.2, 0.25) is 0 Å². The topological polar surface area (TPSA) is 59.9 Å². The summed E-state index contributed by atoms with van der Waals surface area (Å²) in [6.45, 7) is 5.55. The molecular formula is C19H21FN2O3. The summed E-state index contributed by atoms with van der Waals surface area (Å²) in [7, 11) is 1.51. The van der Waals surface area contributed by atoms with Crippen LogP contribution >= 0.6 is 0 Å². The highest BCUT2D eigenvalue weighted by atomic mass is 19.1. The van der Waals surface area contributed by atoms with Gasteiger partial charge in [0.05, 0.1) is 18.9 Å². The summed E-state index contributed by atoms with van der Waals surface area (Å²) < 4.78 is 23.8. The normalized spacial score (nSPS) is 11.4. The van der Waals surface area contributed by atoms with Crippen molar-refractivity contribution in [1.29, 1.82) is 0 Å². The molecule has 6 heteroatoms. The van der Waals surface area contributed by atoms with Crippen molar-refractivity contribution in [3.63, 3.8) is 0 Å². The number of hydrogen-bond donors (Lipinski definition) is 1. The molecule has 25 heavy (non-hydrogen) atoms. The zero-order chi connectivity index (χ0) is 18.4. The first kappa shape index (κ1) is 18.4. The van der Waals surface area contributed by atoms with E-state index in [4.69, 9.17) is 9.47 Å². The SMILES string of the molecule is COc1cc(C(=O)N/N=C(/C)c2ccc(F)cc2)ccc1OC(C)C. The van der Waals surface area contributed by atoms with Crippen LogP contribution in [0.1, 0.15) is 36.7 Å². The maximum atomic E-state index is 12.9. The minimum atomic E-state index is -0.379. The van der Waals surface area contributed by atoms with E-state index in [1.54, 1.807) is 37.3 Å². The van der Waals surface area contributed by atoms with Gasteiger partial charge in [0.25, 0.3) is 5.91 Å². The summed E-state index contributed by atoms with van der Waals surface area (Å²) in [6.07, 6.45) is -0.00321. The van der Waals surface area contributed by atoms with E-state index in [0.717, 1.165) is 5.56 Å². The number of rotatable bonds is 6. The summed E-state index contributed by atoms with van der Waals surface area (Å²) >= 11 is 0. The molecule has 132 valence electrons. The Kier molecular flexibility index (Phi) is 6.11. The number of nitrogens with zero attached hydrogens (tertiary/aromatic N) is 1. The standard InChI is InChI=1S/C19H21FN2O3/c1-12(2)25-17-10-7-15(11-18(17)24-4)19(23)22-21-13(3)14-5-8-16(20)9-6-14/h5-12H,1-4H3,(H,22,23)/b21-13-. The fourth-order valence-electron chi connectivity index (χ4n) is 2.11. The smallest absolute Gasteiger partial charge is 0.271 e. The molecule has 0 unspecified atom stereocenters. The van der Waals surface area contributed by atoms with E-state index in [-0.39, 0.29) is 17.8 Å². The van der Waals surface area contributed by atoms with Crippen LogP contribution in [0.25, 0.3) is 0 Å². The van der Waals surface area contributed by atoms with Gasteiger partial charge in [-0.25, -0.2) is 9.82 Å². The Balaban J connectivity index is 2.12. The number of nitrogens with one attached hydrogen (secondary N) is 1. The molecule has 0 saturated carbocycles. The van der Waals surface area contributed by atoms with Crippen molar-refractivity contribution in [2.45, 2.75) is 26.9 Å².